The first-order chi connectivity index (χ1) is 4.60. The Morgan fingerprint density at radius 3 is 2.18 bits per heavy atom. The molecule has 1 saturated carbocycles. The first-order valence-corrected chi connectivity index (χ1v) is 3.22. The fourth-order valence-corrected chi connectivity index (χ4v) is 1.27. The van der Waals surface area contributed by atoms with E-state index in [2.05, 4.69) is 0 Å². The molecule has 0 bridgehead atoms. The monoisotopic (exact) mass is 181 g/mol. The molecule has 0 spiro atoms. The Hall–Kier alpha value is -0.320. The molecule has 66 valence electrons. The van der Waals surface area contributed by atoms with Crippen molar-refractivity contribution in [2.45, 2.75) is 18.9 Å². The van der Waals surface area contributed by atoms with Crippen LogP contribution in [0.2, 0.25) is 0 Å². The number of aliphatic carboxylic acids is 1. The van der Waals surface area contributed by atoms with Gasteiger partial charge in [0.1, 0.15) is 0 Å². The average Bonchev–Trinajstić information content (AvgIpc) is 1.79. The minimum absolute atomic E-state index is 0. The molecular formula is C6H12ClNO3. The third kappa shape index (κ3) is 1.64. The van der Waals surface area contributed by atoms with E-state index in [1.54, 1.807) is 0 Å². The number of carboxylic acid groups (broad SMARTS) is 1. The molecule has 1 aliphatic rings. The average molecular weight is 182 g/mol. The zero-order valence-electron chi connectivity index (χ0n) is 5.99. The van der Waals surface area contributed by atoms with E-state index < -0.39 is 17.5 Å². The number of halogens is 1. The van der Waals surface area contributed by atoms with Crippen LogP contribution >= 0.6 is 12.4 Å². The van der Waals surface area contributed by atoms with Crippen LogP contribution in [0, 0.1) is 5.41 Å². The Morgan fingerprint density at radius 2 is 2.09 bits per heavy atom. The zero-order chi connectivity index (χ0) is 7.78. The van der Waals surface area contributed by atoms with E-state index in [1.807, 2.05) is 0 Å². The molecule has 0 atom stereocenters. The number of rotatable bonds is 2. The lowest BCUT2D eigenvalue weighted by molar-refractivity contribution is -0.161. The summed E-state index contributed by atoms with van der Waals surface area (Å²) in [5.74, 6) is -0.889. The Morgan fingerprint density at radius 1 is 1.64 bits per heavy atom. The number of carbonyl (C=O) groups is 1. The maximum absolute atomic E-state index is 10.5. The van der Waals surface area contributed by atoms with Gasteiger partial charge >= 0.3 is 5.97 Å². The van der Waals surface area contributed by atoms with Gasteiger partial charge in [-0.05, 0) is 12.8 Å². The summed E-state index contributed by atoms with van der Waals surface area (Å²) in [5.41, 5.74) is 4.42. The molecule has 0 aromatic heterocycles. The van der Waals surface area contributed by atoms with Crippen LogP contribution in [0.15, 0.2) is 0 Å². The molecule has 0 saturated heterocycles. The molecule has 0 heterocycles. The topological polar surface area (TPSA) is 83.6 Å². The molecule has 1 aliphatic carbocycles. The van der Waals surface area contributed by atoms with Gasteiger partial charge in [-0.25, -0.2) is 0 Å². The largest absolute Gasteiger partial charge is 0.481 e. The Balaban J connectivity index is 0.000001000. The standard InChI is InChI=1S/C6H11NO3.ClH/c7-3-6(5(9)10)1-4(8)2-6;/h4,8H,1-3,7H2,(H,9,10);1H. The number of aliphatic hydroxyl groups excluding tert-OH is 1. The van der Waals surface area contributed by atoms with Gasteiger partial charge < -0.3 is 15.9 Å². The van der Waals surface area contributed by atoms with Crippen molar-refractivity contribution in [2.24, 2.45) is 11.1 Å². The number of aliphatic hydroxyl groups is 1. The number of hydrogen-bond acceptors (Lipinski definition) is 3. The molecule has 0 aliphatic heterocycles. The Kier molecular flexibility index (Phi) is 3.29. The van der Waals surface area contributed by atoms with Gasteiger partial charge in [-0.3, -0.25) is 4.79 Å². The SMILES string of the molecule is Cl.NCC1(C(=O)O)CC(O)C1. The van der Waals surface area contributed by atoms with Crippen LogP contribution in [0.1, 0.15) is 12.8 Å². The van der Waals surface area contributed by atoms with E-state index in [0.717, 1.165) is 0 Å². The maximum Gasteiger partial charge on any atom is 0.311 e. The molecule has 1 rings (SSSR count). The molecule has 4 nitrogen and oxygen atoms in total. The summed E-state index contributed by atoms with van der Waals surface area (Å²) < 4.78 is 0. The highest BCUT2D eigenvalue weighted by Crippen LogP contribution is 2.40. The summed E-state index contributed by atoms with van der Waals surface area (Å²) in [5, 5.41) is 17.5. The van der Waals surface area contributed by atoms with Crippen LogP contribution in [0.3, 0.4) is 0 Å². The number of nitrogens with two attached hydrogens (primary N) is 1. The van der Waals surface area contributed by atoms with Crippen molar-refractivity contribution in [3.8, 4) is 0 Å². The van der Waals surface area contributed by atoms with Crippen molar-refractivity contribution >= 4 is 18.4 Å². The molecule has 11 heavy (non-hydrogen) atoms. The highest BCUT2D eigenvalue weighted by molar-refractivity contribution is 5.85. The van der Waals surface area contributed by atoms with Crippen molar-refractivity contribution < 1.29 is 15.0 Å². The first kappa shape index (κ1) is 10.7. The second kappa shape index (κ2) is 3.38. The lowest BCUT2D eigenvalue weighted by atomic mass is 9.67. The van der Waals surface area contributed by atoms with Crippen LogP contribution < -0.4 is 5.73 Å². The fraction of sp³-hybridized carbons (Fsp3) is 0.833. The quantitative estimate of drug-likeness (QED) is 0.541. The summed E-state index contributed by atoms with van der Waals surface area (Å²) in [7, 11) is 0. The van der Waals surface area contributed by atoms with Gasteiger partial charge in [0, 0.05) is 6.54 Å². The minimum atomic E-state index is -0.889. The Bertz CT molecular complexity index is 156. The van der Waals surface area contributed by atoms with Gasteiger partial charge in [-0.1, -0.05) is 0 Å². The zero-order valence-corrected chi connectivity index (χ0v) is 6.80. The Labute approximate surface area is 70.8 Å². The van der Waals surface area contributed by atoms with Gasteiger partial charge in [0.15, 0.2) is 0 Å². The van der Waals surface area contributed by atoms with Crippen molar-refractivity contribution in [1.82, 2.24) is 0 Å². The molecular weight excluding hydrogens is 170 g/mol. The summed E-state index contributed by atoms with van der Waals surface area (Å²) in [6.07, 6.45) is 0.150. The third-order valence-electron chi connectivity index (χ3n) is 2.10. The van der Waals surface area contributed by atoms with E-state index >= 15 is 0 Å². The highest BCUT2D eigenvalue weighted by Gasteiger charge is 2.48. The lowest BCUT2D eigenvalue weighted by Gasteiger charge is -2.40. The summed E-state index contributed by atoms with van der Waals surface area (Å²) in [4.78, 5) is 10.5. The normalized spacial score (nSPS) is 35.3. The van der Waals surface area contributed by atoms with Crippen LogP contribution in [0.5, 0.6) is 0 Å². The number of hydrogen-bond donors (Lipinski definition) is 3. The molecule has 0 radical (unpaired) electrons. The van der Waals surface area contributed by atoms with Crippen molar-refractivity contribution in [2.75, 3.05) is 6.54 Å². The second-order valence-corrected chi connectivity index (χ2v) is 2.85. The van der Waals surface area contributed by atoms with E-state index in [9.17, 15) is 4.79 Å². The summed E-state index contributed by atoms with van der Waals surface area (Å²) >= 11 is 0. The fourth-order valence-electron chi connectivity index (χ4n) is 1.27. The van der Waals surface area contributed by atoms with Gasteiger partial charge in [-0.15, -0.1) is 12.4 Å². The van der Waals surface area contributed by atoms with E-state index in [4.69, 9.17) is 15.9 Å². The van der Waals surface area contributed by atoms with Crippen molar-refractivity contribution in [3.63, 3.8) is 0 Å². The highest BCUT2D eigenvalue weighted by atomic mass is 35.5. The smallest absolute Gasteiger partial charge is 0.311 e. The molecule has 1 fully saturated rings. The summed E-state index contributed by atoms with van der Waals surface area (Å²) in [6, 6.07) is 0. The van der Waals surface area contributed by atoms with Crippen LogP contribution in [0.25, 0.3) is 0 Å². The predicted octanol–water partition coefficient (Wildman–Crippen LogP) is -0.407. The van der Waals surface area contributed by atoms with Crippen LogP contribution in [0.4, 0.5) is 0 Å². The second-order valence-electron chi connectivity index (χ2n) is 2.85. The van der Waals surface area contributed by atoms with Gasteiger partial charge in [0.05, 0.1) is 11.5 Å². The van der Waals surface area contributed by atoms with Gasteiger partial charge in [0.25, 0.3) is 0 Å². The van der Waals surface area contributed by atoms with E-state index in [0.29, 0.717) is 12.8 Å². The van der Waals surface area contributed by atoms with E-state index in [-0.39, 0.29) is 19.0 Å². The summed E-state index contributed by atoms with van der Waals surface area (Å²) in [6.45, 7) is 0.124. The van der Waals surface area contributed by atoms with E-state index in [1.165, 1.54) is 0 Å². The molecule has 0 aromatic carbocycles. The van der Waals surface area contributed by atoms with Crippen LogP contribution in [-0.2, 0) is 4.79 Å². The molecule has 0 amide bonds. The first-order valence-electron chi connectivity index (χ1n) is 3.22. The molecule has 4 N–H and O–H groups in total. The van der Waals surface area contributed by atoms with Gasteiger partial charge in [-0.2, -0.15) is 0 Å². The van der Waals surface area contributed by atoms with Gasteiger partial charge in [0.2, 0.25) is 0 Å². The molecule has 0 unspecified atom stereocenters. The van der Waals surface area contributed by atoms with Crippen molar-refractivity contribution in [3.05, 3.63) is 0 Å². The number of carboxylic acids is 1. The third-order valence-corrected chi connectivity index (χ3v) is 2.10. The lowest BCUT2D eigenvalue weighted by Crippen LogP contribution is -2.51. The predicted molar refractivity (Wildman–Crippen MR) is 41.6 cm³/mol. The molecule has 5 heteroatoms. The maximum atomic E-state index is 10.5. The molecule has 0 aromatic rings. The minimum Gasteiger partial charge on any atom is -0.481 e. The van der Waals surface area contributed by atoms with Crippen LogP contribution in [-0.4, -0.2) is 28.8 Å². The van der Waals surface area contributed by atoms with Crippen molar-refractivity contribution in [1.29, 1.82) is 0 Å².